The number of nitrogens with two attached hydrogens (primary N) is 1. The van der Waals surface area contributed by atoms with E-state index in [4.69, 9.17) is 5.73 Å². The van der Waals surface area contributed by atoms with Crippen LogP contribution in [-0.2, 0) is 0 Å². The molecule has 0 unspecified atom stereocenters. The second-order valence-electron chi connectivity index (χ2n) is 3.86. The predicted molar refractivity (Wildman–Crippen MR) is 67.7 cm³/mol. The number of aromatic nitrogens is 1. The number of hydrogen-bond acceptors (Lipinski definition) is 3. The van der Waals surface area contributed by atoms with Gasteiger partial charge in [0.1, 0.15) is 11.5 Å². The Balaban J connectivity index is 2.24. The van der Waals surface area contributed by atoms with Crippen LogP contribution < -0.4 is 11.1 Å². The quantitative estimate of drug-likeness (QED) is 0.853. The van der Waals surface area contributed by atoms with Crippen LogP contribution in [0, 0.1) is 12.7 Å². The molecule has 1 aromatic carbocycles. The topological polar surface area (TPSA) is 68.0 Å². The molecule has 2 rings (SSSR count). The molecule has 0 saturated heterocycles. The van der Waals surface area contributed by atoms with Gasteiger partial charge in [-0.1, -0.05) is 12.1 Å². The molecule has 0 radical (unpaired) electrons. The second kappa shape index (κ2) is 4.83. The first-order chi connectivity index (χ1) is 8.58. The zero-order valence-electron chi connectivity index (χ0n) is 9.77. The van der Waals surface area contributed by atoms with Crippen LogP contribution in [0.4, 0.5) is 15.8 Å². The summed E-state index contributed by atoms with van der Waals surface area (Å²) in [6.07, 6.45) is 1.38. The SMILES string of the molecule is Cc1cccc(F)c1NC(=O)c1ccc(N)cn1. The first-order valence-electron chi connectivity index (χ1n) is 5.36. The summed E-state index contributed by atoms with van der Waals surface area (Å²) < 4.78 is 13.5. The van der Waals surface area contributed by atoms with Crippen LogP contribution in [0.25, 0.3) is 0 Å². The number of nitrogens with one attached hydrogen (secondary N) is 1. The van der Waals surface area contributed by atoms with Gasteiger partial charge < -0.3 is 11.1 Å². The molecule has 2 aromatic rings. The minimum atomic E-state index is -0.473. The fourth-order valence-corrected chi connectivity index (χ4v) is 1.51. The Morgan fingerprint density at radius 3 is 2.72 bits per heavy atom. The van der Waals surface area contributed by atoms with Crippen molar-refractivity contribution in [2.75, 3.05) is 11.1 Å². The van der Waals surface area contributed by atoms with Crippen molar-refractivity contribution in [2.45, 2.75) is 6.92 Å². The van der Waals surface area contributed by atoms with Crippen molar-refractivity contribution in [2.24, 2.45) is 0 Å². The number of pyridine rings is 1. The fraction of sp³-hybridized carbons (Fsp3) is 0.0769. The molecule has 1 heterocycles. The molecule has 0 bridgehead atoms. The zero-order valence-corrected chi connectivity index (χ0v) is 9.77. The van der Waals surface area contributed by atoms with Crippen LogP contribution >= 0.6 is 0 Å². The molecule has 0 aliphatic carbocycles. The van der Waals surface area contributed by atoms with Gasteiger partial charge >= 0.3 is 0 Å². The molecule has 0 aliphatic heterocycles. The Morgan fingerprint density at radius 2 is 2.11 bits per heavy atom. The number of amides is 1. The summed E-state index contributed by atoms with van der Waals surface area (Å²) in [5.41, 5.74) is 6.95. The molecule has 92 valence electrons. The van der Waals surface area contributed by atoms with E-state index in [1.54, 1.807) is 25.1 Å². The van der Waals surface area contributed by atoms with E-state index in [1.165, 1.54) is 18.3 Å². The van der Waals surface area contributed by atoms with Crippen molar-refractivity contribution in [1.29, 1.82) is 0 Å². The first-order valence-corrected chi connectivity index (χ1v) is 5.36. The summed E-state index contributed by atoms with van der Waals surface area (Å²) in [7, 11) is 0. The van der Waals surface area contributed by atoms with Gasteiger partial charge in [-0.15, -0.1) is 0 Å². The van der Waals surface area contributed by atoms with Gasteiger partial charge in [-0.3, -0.25) is 4.79 Å². The third-order valence-electron chi connectivity index (χ3n) is 2.48. The highest BCUT2D eigenvalue weighted by atomic mass is 19.1. The van der Waals surface area contributed by atoms with Crippen LogP contribution in [0.1, 0.15) is 16.1 Å². The molecule has 5 heteroatoms. The van der Waals surface area contributed by atoms with E-state index in [2.05, 4.69) is 10.3 Å². The molecule has 18 heavy (non-hydrogen) atoms. The van der Waals surface area contributed by atoms with Gasteiger partial charge in [-0.05, 0) is 30.7 Å². The number of para-hydroxylation sites is 1. The van der Waals surface area contributed by atoms with E-state index in [1.807, 2.05) is 0 Å². The van der Waals surface area contributed by atoms with E-state index in [9.17, 15) is 9.18 Å². The number of hydrogen-bond donors (Lipinski definition) is 2. The van der Waals surface area contributed by atoms with E-state index in [0.29, 0.717) is 11.3 Å². The number of halogens is 1. The average molecular weight is 245 g/mol. The van der Waals surface area contributed by atoms with E-state index in [0.717, 1.165) is 0 Å². The Kier molecular flexibility index (Phi) is 3.23. The maximum atomic E-state index is 13.5. The third kappa shape index (κ3) is 2.45. The smallest absolute Gasteiger partial charge is 0.274 e. The molecule has 0 saturated carbocycles. The Morgan fingerprint density at radius 1 is 1.33 bits per heavy atom. The Bertz CT molecular complexity index is 561. The number of nitrogens with zero attached hydrogens (tertiary/aromatic N) is 1. The van der Waals surface area contributed by atoms with Gasteiger partial charge in [0, 0.05) is 0 Å². The molecule has 0 fully saturated rings. The van der Waals surface area contributed by atoms with Gasteiger partial charge in [-0.25, -0.2) is 9.37 Å². The number of nitrogen functional groups attached to an aromatic ring is 1. The van der Waals surface area contributed by atoms with Crippen LogP contribution in [0.5, 0.6) is 0 Å². The van der Waals surface area contributed by atoms with Crippen LogP contribution in [0.2, 0.25) is 0 Å². The van der Waals surface area contributed by atoms with Crippen molar-refractivity contribution >= 4 is 17.3 Å². The molecular weight excluding hydrogens is 233 g/mol. The number of aryl methyl sites for hydroxylation is 1. The maximum absolute atomic E-state index is 13.5. The standard InChI is InChI=1S/C13H12FN3O/c1-8-3-2-4-10(14)12(8)17-13(18)11-6-5-9(15)7-16-11/h2-7H,15H2,1H3,(H,17,18). The van der Waals surface area contributed by atoms with E-state index < -0.39 is 11.7 Å². The van der Waals surface area contributed by atoms with Crippen molar-refractivity contribution in [3.8, 4) is 0 Å². The highest BCUT2D eigenvalue weighted by Gasteiger charge is 2.11. The average Bonchev–Trinajstić information content (AvgIpc) is 2.34. The predicted octanol–water partition coefficient (Wildman–Crippen LogP) is 2.36. The van der Waals surface area contributed by atoms with Crippen LogP contribution in [0.3, 0.4) is 0 Å². The lowest BCUT2D eigenvalue weighted by Crippen LogP contribution is -2.15. The van der Waals surface area contributed by atoms with Crippen molar-refractivity contribution in [1.82, 2.24) is 4.98 Å². The van der Waals surface area contributed by atoms with Gasteiger partial charge in [0.25, 0.3) is 5.91 Å². The summed E-state index contributed by atoms with van der Waals surface area (Å²) >= 11 is 0. The van der Waals surface area contributed by atoms with Gasteiger partial charge in [-0.2, -0.15) is 0 Å². The highest BCUT2D eigenvalue weighted by Crippen LogP contribution is 2.19. The zero-order chi connectivity index (χ0) is 13.1. The summed E-state index contributed by atoms with van der Waals surface area (Å²) in [4.78, 5) is 15.7. The third-order valence-corrected chi connectivity index (χ3v) is 2.48. The molecule has 1 aromatic heterocycles. The monoisotopic (exact) mass is 245 g/mol. The number of benzene rings is 1. The Labute approximate surface area is 104 Å². The van der Waals surface area contributed by atoms with Crippen molar-refractivity contribution in [3.63, 3.8) is 0 Å². The highest BCUT2D eigenvalue weighted by molar-refractivity contribution is 6.03. The summed E-state index contributed by atoms with van der Waals surface area (Å²) in [5, 5.41) is 2.50. The molecule has 0 aliphatic rings. The number of carbonyl (C=O) groups excluding carboxylic acids is 1. The number of carbonyl (C=O) groups is 1. The summed E-state index contributed by atoms with van der Waals surface area (Å²) in [5.74, 6) is -0.943. The van der Waals surface area contributed by atoms with Crippen molar-refractivity contribution in [3.05, 3.63) is 53.6 Å². The largest absolute Gasteiger partial charge is 0.397 e. The Hall–Kier alpha value is -2.43. The fourth-order valence-electron chi connectivity index (χ4n) is 1.51. The van der Waals surface area contributed by atoms with Crippen LogP contribution in [-0.4, -0.2) is 10.9 Å². The van der Waals surface area contributed by atoms with Crippen LogP contribution in [0.15, 0.2) is 36.5 Å². The van der Waals surface area contributed by atoms with E-state index >= 15 is 0 Å². The normalized spacial score (nSPS) is 10.1. The number of rotatable bonds is 2. The summed E-state index contributed by atoms with van der Waals surface area (Å²) in [6.45, 7) is 1.72. The molecular formula is C13H12FN3O. The van der Waals surface area contributed by atoms with E-state index in [-0.39, 0.29) is 11.4 Å². The molecule has 1 amide bonds. The summed E-state index contributed by atoms with van der Waals surface area (Å²) in [6, 6.07) is 7.65. The second-order valence-corrected chi connectivity index (χ2v) is 3.86. The number of anilines is 2. The minimum Gasteiger partial charge on any atom is -0.397 e. The lowest BCUT2D eigenvalue weighted by molar-refractivity contribution is 0.102. The molecule has 4 nitrogen and oxygen atoms in total. The van der Waals surface area contributed by atoms with Gasteiger partial charge in [0.2, 0.25) is 0 Å². The van der Waals surface area contributed by atoms with Gasteiger partial charge in [0.05, 0.1) is 17.6 Å². The minimum absolute atomic E-state index is 0.168. The molecule has 0 atom stereocenters. The lowest BCUT2D eigenvalue weighted by atomic mass is 10.2. The molecule has 0 spiro atoms. The van der Waals surface area contributed by atoms with Crippen molar-refractivity contribution < 1.29 is 9.18 Å². The lowest BCUT2D eigenvalue weighted by Gasteiger charge is -2.08. The first kappa shape index (κ1) is 12.0. The van der Waals surface area contributed by atoms with Gasteiger partial charge in [0.15, 0.2) is 0 Å². The molecule has 3 N–H and O–H groups in total. The maximum Gasteiger partial charge on any atom is 0.274 e.